The van der Waals surface area contributed by atoms with Gasteiger partial charge in [-0.1, -0.05) is 13.8 Å². The molecule has 0 bridgehead atoms. The van der Waals surface area contributed by atoms with Crippen molar-refractivity contribution in [2.75, 3.05) is 31.5 Å². The molecule has 0 aromatic heterocycles. The van der Waals surface area contributed by atoms with E-state index >= 15 is 0 Å². The van der Waals surface area contributed by atoms with E-state index in [0.717, 1.165) is 43.0 Å². The minimum absolute atomic E-state index is 0.000745. The molecule has 1 amide bonds. The molecule has 4 nitrogen and oxygen atoms in total. The van der Waals surface area contributed by atoms with Gasteiger partial charge in [0.2, 0.25) is 0 Å². The average Bonchev–Trinajstić information content (AvgIpc) is 2.46. The van der Waals surface area contributed by atoms with Crippen LogP contribution in [0, 0.1) is 6.92 Å². The molecule has 1 unspecified atom stereocenters. The number of hydrogen-bond donors (Lipinski definition) is 2. The molecule has 1 atom stereocenters. The van der Waals surface area contributed by atoms with Crippen molar-refractivity contribution in [2.24, 2.45) is 0 Å². The molecular formula is C17H29N3O. The van der Waals surface area contributed by atoms with Crippen LogP contribution in [-0.2, 0) is 0 Å². The van der Waals surface area contributed by atoms with Gasteiger partial charge in [0.15, 0.2) is 0 Å². The van der Waals surface area contributed by atoms with Crippen molar-refractivity contribution >= 4 is 11.6 Å². The van der Waals surface area contributed by atoms with Gasteiger partial charge < -0.3 is 15.5 Å². The van der Waals surface area contributed by atoms with Crippen molar-refractivity contribution in [3.8, 4) is 0 Å². The molecule has 0 fully saturated rings. The number of amides is 1. The molecule has 1 aromatic rings. The molecule has 0 spiro atoms. The van der Waals surface area contributed by atoms with Gasteiger partial charge >= 0.3 is 0 Å². The summed E-state index contributed by atoms with van der Waals surface area (Å²) in [6.07, 6.45) is 0. The minimum atomic E-state index is 0.000745. The third-order valence-corrected chi connectivity index (χ3v) is 3.66. The van der Waals surface area contributed by atoms with Crippen LogP contribution in [0.25, 0.3) is 0 Å². The molecule has 0 saturated heterocycles. The summed E-state index contributed by atoms with van der Waals surface area (Å²) in [5.41, 5.74) is 2.91. The number of carbonyl (C=O) groups excluding carboxylic acids is 1. The lowest BCUT2D eigenvalue weighted by atomic mass is 10.1. The summed E-state index contributed by atoms with van der Waals surface area (Å²) >= 11 is 0. The number of benzene rings is 1. The Kier molecular flexibility index (Phi) is 7.23. The fraction of sp³-hybridized carbons (Fsp3) is 0.588. The molecule has 0 aliphatic rings. The number of nitrogens with one attached hydrogen (secondary N) is 2. The number of carbonyl (C=O) groups is 1. The Hall–Kier alpha value is -1.55. The van der Waals surface area contributed by atoms with Crippen LogP contribution < -0.4 is 10.6 Å². The van der Waals surface area contributed by atoms with Crippen LogP contribution in [0.4, 0.5) is 5.69 Å². The monoisotopic (exact) mass is 291 g/mol. The summed E-state index contributed by atoms with van der Waals surface area (Å²) in [4.78, 5) is 14.6. The number of likely N-dealkylation sites (N-methyl/N-ethyl adjacent to an activating group) is 1. The van der Waals surface area contributed by atoms with Crippen LogP contribution in [0.1, 0.15) is 43.6 Å². The molecule has 4 heteroatoms. The van der Waals surface area contributed by atoms with Crippen molar-refractivity contribution < 1.29 is 4.79 Å². The third-order valence-electron chi connectivity index (χ3n) is 3.66. The molecule has 0 aliphatic heterocycles. The highest BCUT2D eigenvalue weighted by Crippen LogP contribution is 2.16. The van der Waals surface area contributed by atoms with Gasteiger partial charge in [-0.15, -0.1) is 0 Å². The first-order chi connectivity index (χ1) is 10.0. The zero-order chi connectivity index (χ0) is 15.8. The fourth-order valence-corrected chi connectivity index (χ4v) is 2.42. The van der Waals surface area contributed by atoms with E-state index in [0.29, 0.717) is 0 Å². The first-order valence-corrected chi connectivity index (χ1v) is 7.89. The number of anilines is 1. The van der Waals surface area contributed by atoms with Gasteiger partial charge in [-0.2, -0.15) is 0 Å². The highest BCUT2D eigenvalue weighted by Gasteiger charge is 2.12. The average molecular weight is 291 g/mol. The van der Waals surface area contributed by atoms with Gasteiger partial charge in [0.05, 0.1) is 0 Å². The molecular weight excluding hydrogens is 262 g/mol. The van der Waals surface area contributed by atoms with Crippen molar-refractivity contribution in [2.45, 2.75) is 40.7 Å². The zero-order valence-corrected chi connectivity index (χ0v) is 14.0. The molecule has 118 valence electrons. The fourth-order valence-electron chi connectivity index (χ4n) is 2.42. The summed E-state index contributed by atoms with van der Waals surface area (Å²) in [7, 11) is 0. The Morgan fingerprint density at radius 2 is 1.90 bits per heavy atom. The summed E-state index contributed by atoms with van der Waals surface area (Å²) < 4.78 is 0. The quantitative estimate of drug-likeness (QED) is 0.774. The van der Waals surface area contributed by atoms with Gasteiger partial charge in [0, 0.05) is 30.4 Å². The van der Waals surface area contributed by atoms with E-state index in [-0.39, 0.29) is 11.9 Å². The van der Waals surface area contributed by atoms with Crippen molar-refractivity contribution in [3.05, 3.63) is 29.3 Å². The maximum absolute atomic E-state index is 12.3. The van der Waals surface area contributed by atoms with E-state index in [1.807, 2.05) is 25.1 Å². The number of rotatable bonds is 8. The second kappa shape index (κ2) is 8.67. The van der Waals surface area contributed by atoms with Crippen molar-refractivity contribution in [1.82, 2.24) is 10.2 Å². The standard InChI is InChI=1S/C17H29N3O/c1-6-18-16-10-9-15(11-13(16)4)17(21)19-14(5)12-20(7-2)8-3/h9-11,14,18H,6-8,12H2,1-5H3,(H,19,21). The first kappa shape index (κ1) is 17.5. The van der Waals surface area contributed by atoms with Crippen LogP contribution in [-0.4, -0.2) is 43.0 Å². The van der Waals surface area contributed by atoms with E-state index in [2.05, 4.69) is 43.2 Å². The van der Waals surface area contributed by atoms with Gasteiger partial charge in [-0.05, 0) is 57.6 Å². The Morgan fingerprint density at radius 1 is 1.24 bits per heavy atom. The predicted molar refractivity (Wildman–Crippen MR) is 90.1 cm³/mol. The predicted octanol–water partition coefficient (Wildman–Crippen LogP) is 2.89. The Bertz CT molecular complexity index is 455. The number of aryl methyl sites for hydroxylation is 1. The molecule has 0 saturated carbocycles. The molecule has 21 heavy (non-hydrogen) atoms. The van der Waals surface area contributed by atoms with Crippen LogP contribution in [0.15, 0.2) is 18.2 Å². The molecule has 0 aliphatic carbocycles. The lowest BCUT2D eigenvalue weighted by Crippen LogP contribution is -2.41. The zero-order valence-electron chi connectivity index (χ0n) is 14.0. The van der Waals surface area contributed by atoms with Crippen LogP contribution in [0.5, 0.6) is 0 Å². The molecule has 0 heterocycles. The molecule has 1 rings (SSSR count). The van der Waals surface area contributed by atoms with Crippen LogP contribution in [0.2, 0.25) is 0 Å². The van der Waals surface area contributed by atoms with Crippen molar-refractivity contribution in [3.63, 3.8) is 0 Å². The second-order valence-corrected chi connectivity index (χ2v) is 5.42. The molecule has 2 N–H and O–H groups in total. The van der Waals surface area contributed by atoms with E-state index in [1.54, 1.807) is 0 Å². The highest BCUT2D eigenvalue weighted by atomic mass is 16.1. The third kappa shape index (κ3) is 5.38. The number of nitrogens with zero attached hydrogens (tertiary/aromatic N) is 1. The Balaban J connectivity index is 2.65. The molecule has 1 aromatic carbocycles. The largest absolute Gasteiger partial charge is 0.385 e. The van der Waals surface area contributed by atoms with Gasteiger partial charge in [-0.3, -0.25) is 4.79 Å². The molecule has 0 radical (unpaired) electrons. The smallest absolute Gasteiger partial charge is 0.251 e. The normalized spacial score (nSPS) is 12.3. The van der Waals surface area contributed by atoms with E-state index < -0.39 is 0 Å². The maximum Gasteiger partial charge on any atom is 0.251 e. The second-order valence-electron chi connectivity index (χ2n) is 5.42. The lowest BCUT2D eigenvalue weighted by molar-refractivity contribution is 0.0930. The first-order valence-electron chi connectivity index (χ1n) is 7.89. The summed E-state index contributed by atoms with van der Waals surface area (Å²) in [5, 5.41) is 6.36. The topological polar surface area (TPSA) is 44.4 Å². The summed E-state index contributed by atoms with van der Waals surface area (Å²) in [6, 6.07) is 5.94. The maximum atomic E-state index is 12.3. The van der Waals surface area contributed by atoms with E-state index in [9.17, 15) is 4.79 Å². The van der Waals surface area contributed by atoms with E-state index in [1.165, 1.54) is 0 Å². The number of hydrogen-bond acceptors (Lipinski definition) is 3. The van der Waals surface area contributed by atoms with E-state index in [4.69, 9.17) is 0 Å². The van der Waals surface area contributed by atoms with Gasteiger partial charge in [0.1, 0.15) is 0 Å². The Labute approximate surface area is 128 Å². The summed E-state index contributed by atoms with van der Waals surface area (Å²) in [5.74, 6) is 0.000745. The Morgan fingerprint density at radius 3 is 2.43 bits per heavy atom. The highest BCUT2D eigenvalue weighted by molar-refractivity contribution is 5.95. The SMILES string of the molecule is CCNc1ccc(C(=O)NC(C)CN(CC)CC)cc1C. The lowest BCUT2D eigenvalue weighted by Gasteiger charge is -2.23. The van der Waals surface area contributed by atoms with Crippen LogP contribution >= 0.6 is 0 Å². The van der Waals surface area contributed by atoms with Crippen molar-refractivity contribution in [1.29, 1.82) is 0 Å². The summed E-state index contributed by atoms with van der Waals surface area (Å²) in [6.45, 7) is 14.2. The minimum Gasteiger partial charge on any atom is -0.385 e. The van der Waals surface area contributed by atoms with Gasteiger partial charge in [-0.25, -0.2) is 0 Å². The van der Waals surface area contributed by atoms with Gasteiger partial charge in [0.25, 0.3) is 5.91 Å². The van der Waals surface area contributed by atoms with Crippen LogP contribution in [0.3, 0.4) is 0 Å².